The number of ether oxygens (including phenoxy) is 3. The number of methoxy groups -OCH3 is 3. The number of nitrogens with one attached hydrogen (secondary N) is 2. The largest absolute Gasteiger partial charge is 0.493 e. The molecule has 1 heterocycles. The van der Waals surface area contributed by atoms with Gasteiger partial charge in [0.15, 0.2) is 11.5 Å². The number of aromatic amines is 1. The molecule has 3 aromatic rings. The summed E-state index contributed by atoms with van der Waals surface area (Å²) in [5.41, 5.74) is 2.14. The molecule has 0 fully saturated rings. The molecule has 0 unspecified atom stereocenters. The Hall–Kier alpha value is -3.48. The van der Waals surface area contributed by atoms with E-state index < -0.39 is 0 Å². The van der Waals surface area contributed by atoms with Gasteiger partial charge in [0, 0.05) is 29.3 Å². The molecule has 7 heteroatoms. The van der Waals surface area contributed by atoms with Crippen LogP contribution in [0.4, 0.5) is 5.69 Å². The lowest BCUT2D eigenvalue weighted by Gasteiger charge is -2.14. The summed E-state index contributed by atoms with van der Waals surface area (Å²) in [7, 11) is 4.56. The second kappa shape index (κ2) is 7.60. The molecule has 0 bridgehead atoms. The van der Waals surface area contributed by atoms with Gasteiger partial charge in [-0.05, 0) is 12.1 Å². The van der Waals surface area contributed by atoms with E-state index in [4.69, 9.17) is 14.2 Å². The number of benzene rings is 2. The minimum absolute atomic E-state index is 0.300. The number of nitrogens with zero attached hydrogens (tertiary/aromatic N) is 1. The minimum atomic E-state index is -0.300. The Labute approximate surface area is 150 Å². The molecule has 2 aromatic carbocycles. The van der Waals surface area contributed by atoms with Crippen molar-refractivity contribution in [2.24, 2.45) is 0 Å². The minimum Gasteiger partial charge on any atom is -0.493 e. The second-order valence-corrected chi connectivity index (χ2v) is 5.39. The van der Waals surface area contributed by atoms with Crippen molar-refractivity contribution in [2.45, 2.75) is 0 Å². The predicted octanol–water partition coefficient (Wildman–Crippen LogP) is 3.24. The number of rotatable bonds is 6. The first kappa shape index (κ1) is 17.3. The molecule has 0 saturated heterocycles. The van der Waals surface area contributed by atoms with Crippen LogP contribution in [0.25, 0.3) is 17.0 Å². The molecule has 0 spiro atoms. The molecule has 0 aliphatic rings. The molecule has 7 nitrogen and oxygen atoms in total. The predicted molar refractivity (Wildman–Crippen MR) is 99.9 cm³/mol. The third kappa shape index (κ3) is 3.46. The van der Waals surface area contributed by atoms with Crippen LogP contribution in [0.3, 0.4) is 0 Å². The van der Waals surface area contributed by atoms with Crippen molar-refractivity contribution in [1.82, 2.24) is 10.2 Å². The van der Waals surface area contributed by atoms with Crippen molar-refractivity contribution in [3.8, 4) is 17.2 Å². The van der Waals surface area contributed by atoms with Crippen LogP contribution in [0.2, 0.25) is 0 Å². The molecule has 26 heavy (non-hydrogen) atoms. The van der Waals surface area contributed by atoms with E-state index in [1.807, 2.05) is 24.3 Å². The maximum atomic E-state index is 12.2. The Morgan fingerprint density at radius 1 is 1.08 bits per heavy atom. The number of para-hydroxylation sites is 1. The van der Waals surface area contributed by atoms with E-state index >= 15 is 0 Å². The van der Waals surface area contributed by atoms with Crippen molar-refractivity contribution in [3.63, 3.8) is 0 Å². The van der Waals surface area contributed by atoms with Crippen LogP contribution in [0, 0.1) is 0 Å². The lowest BCUT2D eigenvalue weighted by molar-refractivity contribution is -0.111. The van der Waals surface area contributed by atoms with E-state index in [-0.39, 0.29) is 5.91 Å². The Morgan fingerprint density at radius 3 is 2.42 bits per heavy atom. The molecular weight excluding hydrogens is 334 g/mol. The number of fused-ring (bicyclic) bond motifs is 1. The standard InChI is InChI=1S/C19H19N3O4/c1-24-16-10-12(11-17(25-2)19(16)26-3)20-18(23)9-8-15-13-6-4-5-7-14(13)21-22-15/h4-11H,1-3H3,(H,20,23)(H,21,22). The van der Waals surface area contributed by atoms with E-state index in [2.05, 4.69) is 15.5 Å². The molecule has 134 valence electrons. The summed E-state index contributed by atoms with van der Waals surface area (Å²) >= 11 is 0. The van der Waals surface area contributed by atoms with Crippen molar-refractivity contribution in [3.05, 3.63) is 48.2 Å². The highest BCUT2D eigenvalue weighted by atomic mass is 16.5. The van der Waals surface area contributed by atoms with Crippen molar-refractivity contribution in [2.75, 3.05) is 26.6 Å². The molecule has 0 atom stereocenters. The van der Waals surface area contributed by atoms with Gasteiger partial charge in [0.1, 0.15) is 0 Å². The van der Waals surface area contributed by atoms with Crippen molar-refractivity contribution in [1.29, 1.82) is 0 Å². The number of H-pyrrole nitrogens is 1. The van der Waals surface area contributed by atoms with Crippen LogP contribution in [-0.4, -0.2) is 37.4 Å². The molecule has 0 radical (unpaired) electrons. The number of anilines is 1. The van der Waals surface area contributed by atoms with Crippen molar-refractivity contribution >= 4 is 28.6 Å². The first-order valence-corrected chi connectivity index (χ1v) is 7.88. The van der Waals surface area contributed by atoms with Gasteiger partial charge in [0.2, 0.25) is 11.7 Å². The summed E-state index contributed by atoms with van der Waals surface area (Å²) in [5, 5.41) is 10.9. The normalized spacial score (nSPS) is 10.9. The number of aromatic nitrogens is 2. The maximum absolute atomic E-state index is 12.2. The number of carbonyl (C=O) groups is 1. The molecule has 0 saturated carbocycles. The fraction of sp³-hybridized carbons (Fsp3) is 0.158. The Bertz CT molecular complexity index is 937. The highest BCUT2D eigenvalue weighted by Crippen LogP contribution is 2.39. The summed E-state index contributed by atoms with van der Waals surface area (Å²) in [4.78, 5) is 12.2. The average Bonchev–Trinajstić information content (AvgIpc) is 3.08. The van der Waals surface area contributed by atoms with E-state index in [0.717, 1.165) is 10.9 Å². The zero-order chi connectivity index (χ0) is 18.5. The van der Waals surface area contributed by atoms with Gasteiger partial charge in [0.05, 0.1) is 32.5 Å². The molecule has 3 rings (SSSR count). The van der Waals surface area contributed by atoms with E-state index in [0.29, 0.717) is 28.6 Å². The topological polar surface area (TPSA) is 85.5 Å². The third-order valence-corrected chi connectivity index (χ3v) is 3.82. The molecule has 1 aromatic heterocycles. The van der Waals surface area contributed by atoms with E-state index in [1.54, 1.807) is 18.2 Å². The summed E-state index contributed by atoms with van der Waals surface area (Å²) in [6.07, 6.45) is 3.08. The Kier molecular flexibility index (Phi) is 5.07. The zero-order valence-electron chi connectivity index (χ0n) is 14.7. The summed E-state index contributed by atoms with van der Waals surface area (Å²) in [6.45, 7) is 0. The SMILES string of the molecule is COc1cc(NC(=O)C=Cc2n[nH]c3ccccc23)cc(OC)c1OC. The first-order valence-electron chi connectivity index (χ1n) is 7.88. The van der Waals surface area contributed by atoms with Gasteiger partial charge >= 0.3 is 0 Å². The molecule has 0 aliphatic heterocycles. The first-order chi connectivity index (χ1) is 12.7. The fourth-order valence-electron chi connectivity index (χ4n) is 2.60. The maximum Gasteiger partial charge on any atom is 0.248 e. The molecule has 0 aliphatic carbocycles. The van der Waals surface area contributed by atoms with Gasteiger partial charge in [-0.1, -0.05) is 18.2 Å². The average molecular weight is 353 g/mol. The Morgan fingerprint density at radius 2 is 1.77 bits per heavy atom. The number of carbonyl (C=O) groups excluding carboxylic acids is 1. The highest BCUT2D eigenvalue weighted by Gasteiger charge is 2.14. The van der Waals surface area contributed by atoms with E-state index in [1.165, 1.54) is 27.4 Å². The van der Waals surface area contributed by atoms with Gasteiger partial charge in [-0.3, -0.25) is 9.89 Å². The quantitative estimate of drug-likeness (QED) is 0.665. The Balaban J connectivity index is 1.79. The van der Waals surface area contributed by atoms with Crippen LogP contribution in [0.5, 0.6) is 17.2 Å². The smallest absolute Gasteiger partial charge is 0.248 e. The van der Waals surface area contributed by atoms with Crippen molar-refractivity contribution < 1.29 is 19.0 Å². The van der Waals surface area contributed by atoms with Gasteiger partial charge in [-0.15, -0.1) is 0 Å². The van der Waals surface area contributed by atoms with Crippen LogP contribution in [-0.2, 0) is 4.79 Å². The van der Waals surface area contributed by atoms with Gasteiger partial charge in [-0.25, -0.2) is 0 Å². The van der Waals surface area contributed by atoms with Crippen LogP contribution in [0.15, 0.2) is 42.5 Å². The summed E-state index contributed by atoms with van der Waals surface area (Å²) < 4.78 is 15.8. The van der Waals surface area contributed by atoms with Crippen LogP contribution in [0.1, 0.15) is 5.69 Å². The van der Waals surface area contributed by atoms with Gasteiger partial charge in [-0.2, -0.15) is 5.10 Å². The van der Waals surface area contributed by atoms with E-state index in [9.17, 15) is 4.79 Å². The van der Waals surface area contributed by atoms with Crippen LogP contribution < -0.4 is 19.5 Å². The highest BCUT2D eigenvalue weighted by molar-refractivity contribution is 6.03. The lowest BCUT2D eigenvalue weighted by atomic mass is 10.2. The zero-order valence-corrected chi connectivity index (χ0v) is 14.7. The summed E-state index contributed by atoms with van der Waals surface area (Å²) in [5.74, 6) is 1.09. The van der Waals surface area contributed by atoms with Gasteiger partial charge in [0.25, 0.3) is 0 Å². The fourth-order valence-corrected chi connectivity index (χ4v) is 2.60. The number of hydrogen-bond acceptors (Lipinski definition) is 5. The number of hydrogen-bond donors (Lipinski definition) is 2. The third-order valence-electron chi connectivity index (χ3n) is 3.82. The second-order valence-electron chi connectivity index (χ2n) is 5.39. The lowest BCUT2D eigenvalue weighted by Crippen LogP contribution is -2.08. The number of amides is 1. The monoisotopic (exact) mass is 353 g/mol. The molecule has 2 N–H and O–H groups in total. The van der Waals surface area contributed by atoms with Crippen LogP contribution >= 0.6 is 0 Å². The molecule has 1 amide bonds. The van der Waals surface area contributed by atoms with Gasteiger partial charge < -0.3 is 19.5 Å². The molecular formula is C19H19N3O4. The summed E-state index contributed by atoms with van der Waals surface area (Å²) in [6, 6.07) is 11.0.